The molecule has 24 heavy (non-hydrogen) atoms. The Kier molecular flexibility index (Phi) is 5.51. The van der Waals surface area contributed by atoms with E-state index >= 15 is 0 Å². The number of carbonyl (C=O) groups excluding carboxylic acids is 2. The van der Waals surface area contributed by atoms with Gasteiger partial charge in [0.2, 0.25) is 5.91 Å². The number of nitrogens with one attached hydrogen (secondary N) is 2. The SMILES string of the molecule is Cc1ccc(C(=O)NC(C(=O)N2CCCC2)C2CCNCC2)cc1. The Hall–Kier alpha value is -1.88. The Morgan fingerprint density at radius 2 is 1.75 bits per heavy atom. The van der Waals surface area contributed by atoms with E-state index in [1.165, 1.54) is 0 Å². The highest BCUT2D eigenvalue weighted by molar-refractivity contribution is 5.97. The summed E-state index contributed by atoms with van der Waals surface area (Å²) in [6.07, 6.45) is 3.99. The van der Waals surface area contributed by atoms with Crippen LogP contribution in [0, 0.1) is 12.8 Å². The molecule has 2 fully saturated rings. The number of benzene rings is 1. The predicted octanol–water partition coefficient (Wildman–Crippen LogP) is 1.72. The van der Waals surface area contributed by atoms with Crippen LogP contribution in [0.15, 0.2) is 24.3 Å². The van der Waals surface area contributed by atoms with Crippen LogP contribution in [0.5, 0.6) is 0 Å². The molecule has 3 rings (SSSR count). The van der Waals surface area contributed by atoms with Crippen LogP contribution in [-0.2, 0) is 4.79 Å². The highest BCUT2D eigenvalue weighted by Crippen LogP contribution is 2.21. The molecule has 0 bridgehead atoms. The Morgan fingerprint density at radius 3 is 2.38 bits per heavy atom. The van der Waals surface area contributed by atoms with Crippen molar-refractivity contribution in [3.05, 3.63) is 35.4 Å². The van der Waals surface area contributed by atoms with E-state index < -0.39 is 6.04 Å². The highest BCUT2D eigenvalue weighted by atomic mass is 16.2. The molecule has 2 saturated heterocycles. The second kappa shape index (κ2) is 7.79. The van der Waals surface area contributed by atoms with E-state index in [2.05, 4.69) is 10.6 Å². The third-order valence-electron chi connectivity index (χ3n) is 5.14. The summed E-state index contributed by atoms with van der Waals surface area (Å²) in [5.41, 5.74) is 1.74. The van der Waals surface area contributed by atoms with Crippen LogP contribution in [0.1, 0.15) is 41.6 Å². The van der Waals surface area contributed by atoms with Gasteiger partial charge in [0.05, 0.1) is 0 Å². The van der Waals surface area contributed by atoms with Crippen molar-refractivity contribution in [3.63, 3.8) is 0 Å². The van der Waals surface area contributed by atoms with Crippen LogP contribution in [0.25, 0.3) is 0 Å². The molecular weight excluding hydrogens is 302 g/mol. The first-order valence-corrected chi connectivity index (χ1v) is 9.02. The molecule has 130 valence electrons. The number of piperidine rings is 1. The molecule has 2 N–H and O–H groups in total. The summed E-state index contributed by atoms with van der Waals surface area (Å²) < 4.78 is 0. The van der Waals surface area contributed by atoms with Crippen LogP contribution in [0.4, 0.5) is 0 Å². The molecule has 0 aliphatic carbocycles. The summed E-state index contributed by atoms with van der Waals surface area (Å²) in [4.78, 5) is 27.5. The van der Waals surface area contributed by atoms with Crippen LogP contribution in [-0.4, -0.2) is 48.9 Å². The molecule has 0 radical (unpaired) electrons. The molecular formula is C19H27N3O2. The average molecular weight is 329 g/mol. The molecule has 2 aliphatic rings. The fourth-order valence-electron chi connectivity index (χ4n) is 3.62. The smallest absolute Gasteiger partial charge is 0.251 e. The van der Waals surface area contributed by atoms with Gasteiger partial charge in [0.1, 0.15) is 6.04 Å². The van der Waals surface area contributed by atoms with Crippen LogP contribution in [0.2, 0.25) is 0 Å². The maximum Gasteiger partial charge on any atom is 0.251 e. The number of amides is 2. The van der Waals surface area contributed by atoms with E-state index in [1.54, 1.807) is 0 Å². The quantitative estimate of drug-likeness (QED) is 0.884. The lowest BCUT2D eigenvalue weighted by Gasteiger charge is -2.33. The van der Waals surface area contributed by atoms with E-state index in [0.29, 0.717) is 5.56 Å². The summed E-state index contributed by atoms with van der Waals surface area (Å²) in [5.74, 6) is 0.166. The normalized spacial score (nSPS) is 20.0. The summed E-state index contributed by atoms with van der Waals surface area (Å²) in [6.45, 7) is 5.46. The van der Waals surface area contributed by atoms with Crippen molar-refractivity contribution >= 4 is 11.8 Å². The molecule has 1 aromatic rings. The van der Waals surface area contributed by atoms with Crippen molar-refractivity contribution in [2.45, 2.75) is 38.6 Å². The van der Waals surface area contributed by atoms with Crippen LogP contribution in [0.3, 0.4) is 0 Å². The van der Waals surface area contributed by atoms with Crippen molar-refractivity contribution in [1.82, 2.24) is 15.5 Å². The summed E-state index contributed by atoms with van der Waals surface area (Å²) >= 11 is 0. The van der Waals surface area contributed by atoms with Gasteiger partial charge >= 0.3 is 0 Å². The first-order chi connectivity index (χ1) is 11.6. The zero-order chi connectivity index (χ0) is 16.9. The number of nitrogens with zero attached hydrogens (tertiary/aromatic N) is 1. The number of carbonyl (C=O) groups is 2. The monoisotopic (exact) mass is 329 g/mol. The average Bonchev–Trinajstić information content (AvgIpc) is 3.15. The third-order valence-corrected chi connectivity index (χ3v) is 5.14. The van der Waals surface area contributed by atoms with Gasteiger partial charge in [-0.05, 0) is 63.7 Å². The Labute approximate surface area is 143 Å². The molecule has 0 spiro atoms. The molecule has 2 aliphatic heterocycles. The van der Waals surface area contributed by atoms with E-state index in [9.17, 15) is 9.59 Å². The van der Waals surface area contributed by atoms with E-state index in [0.717, 1.165) is 57.4 Å². The molecule has 0 saturated carbocycles. The highest BCUT2D eigenvalue weighted by Gasteiger charge is 2.34. The van der Waals surface area contributed by atoms with Crippen molar-refractivity contribution in [2.75, 3.05) is 26.2 Å². The molecule has 2 amide bonds. The van der Waals surface area contributed by atoms with Gasteiger partial charge in [-0.15, -0.1) is 0 Å². The Bertz CT molecular complexity index is 573. The van der Waals surface area contributed by atoms with Crippen molar-refractivity contribution in [1.29, 1.82) is 0 Å². The summed E-state index contributed by atoms with van der Waals surface area (Å²) in [5, 5.41) is 6.37. The molecule has 5 heteroatoms. The number of rotatable bonds is 4. The van der Waals surface area contributed by atoms with Crippen molar-refractivity contribution in [3.8, 4) is 0 Å². The minimum atomic E-state index is -0.404. The molecule has 1 aromatic carbocycles. The van der Waals surface area contributed by atoms with Gasteiger partial charge in [0.15, 0.2) is 0 Å². The van der Waals surface area contributed by atoms with Gasteiger partial charge in [-0.2, -0.15) is 0 Å². The fourth-order valence-corrected chi connectivity index (χ4v) is 3.62. The van der Waals surface area contributed by atoms with Crippen LogP contribution < -0.4 is 10.6 Å². The lowest BCUT2D eigenvalue weighted by atomic mass is 9.89. The number of likely N-dealkylation sites (tertiary alicyclic amines) is 1. The van der Waals surface area contributed by atoms with Gasteiger partial charge in [0, 0.05) is 18.7 Å². The summed E-state index contributed by atoms with van der Waals surface area (Å²) in [6, 6.07) is 7.10. The van der Waals surface area contributed by atoms with Gasteiger partial charge < -0.3 is 15.5 Å². The largest absolute Gasteiger partial charge is 0.341 e. The van der Waals surface area contributed by atoms with E-state index in [1.807, 2.05) is 36.1 Å². The first kappa shape index (κ1) is 17.0. The minimum absolute atomic E-state index is 0.0971. The Balaban J connectivity index is 1.74. The molecule has 0 aromatic heterocycles. The van der Waals surface area contributed by atoms with E-state index in [4.69, 9.17) is 0 Å². The van der Waals surface area contributed by atoms with Crippen LogP contribution >= 0.6 is 0 Å². The number of hydrogen-bond acceptors (Lipinski definition) is 3. The second-order valence-corrected chi connectivity index (χ2v) is 6.94. The van der Waals surface area contributed by atoms with Gasteiger partial charge in [-0.25, -0.2) is 0 Å². The number of aryl methyl sites for hydroxylation is 1. The Morgan fingerprint density at radius 1 is 1.12 bits per heavy atom. The van der Waals surface area contributed by atoms with E-state index in [-0.39, 0.29) is 17.7 Å². The van der Waals surface area contributed by atoms with Gasteiger partial charge in [-0.1, -0.05) is 17.7 Å². The molecule has 1 unspecified atom stereocenters. The van der Waals surface area contributed by atoms with Crippen molar-refractivity contribution in [2.24, 2.45) is 5.92 Å². The maximum atomic E-state index is 13.0. The topological polar surface area (TPSA) is 61.4 Å². The fraction of sp³-hybridized carbons (Fsp3) is 0.579. The van der Waals surface area contributed by atoms with Gasteiger partial charge in [-0.3, -0.25) is 9.59 Å². The summed E-state index contributed by atoms with van der Waals surface area (Å²) in [7, 11) is 0. The van der Waals surface area contributed by atoms with Crippen molar-refractivity contribution < 1.29 is 9.59 Å². The third kappa shape index (κ3) is 3.96. The first-order valence-electron chi connectivity index (χ1n) is 9.02. The zero-order valence-corrected chi connectivity index (χ0v) is 14.4. The molecule has 1 atom stereocenters. The van der Waals surface area contributed by atoms with Gasteiger partial charge in [0.25, 0.3) is 5.91 Å². The molecule has 2 heterocycles. The minimum Gasteiger partial charge on any atom is -0.341 e. The lowest BCUT2D eigenvalue weighted by molar-refractivity contribution is -0.133. The predicted molar refractivity (Wildman–Crippen MR) is 93.8 cm³/mol. The number of hydrogen-bond donors (Lipinski definition) is 2. The molecule has 5 nitrogen and oxygen atoms in total. The standard InChI is InChI=1S/C19H27N3O2/c1-14-4-6-16(7-5-14)18(23)21-17(15-8-10-20-11-9-15)19(24)22-12-2-3-13-22/h4-7,15,17,20H,2-3,8-13H2,1H3,(H,21,23). The lowest BCUT2D eigenvalue weighted by Crippen LogP contribution is -2.53. The second-order valence-electron chi connectivity index (χ2n) is 6.94. The maximum absolute atomic E-state index is 13.0. The zero-order valence-electron chi connectivity index (χ0n) is 14.4.